The maximum atomic E-state index is 13.5. The molecule has 176 valence electrons. The van der Waals surface area contributed by atoms with Crippen LogP contribution in [0.15, 0.2) is 55.1 Å². The summed E-state index contributed by atoms with van der Waals surface area (Å²) in [5.74, 6) is -1.44. The van der Waals surface area contributed by atoms with Gasteiger partial charge in [-0.15, -0.1) is 0 Å². The Morgan fingerprint density at radius 3 is 2.60 bits per heavy atom. The van der Waals surface area contributed by atoms with Crippen molar-refractivity contribution in [2.75, 3.05) is 10.6 Å². The second-order valence-corrected chi connectivity index (χ2v) is 7.85. The van der Waals surface area contributed by atoms with Crippen LogP contribution < -0.4 is 10.6 Å². The van der Waals surface area contributed by atoms with E-state index in [1.807, 2.05) is 0 Å². The fourth-order valence-corrected chi connectivity index (χ4v) is 3.73. The van der Waals surface area contributed by atoms with Gasteiger partial charge in [0, 0.05) is 28.3 Å². The van der Waals surface area contributed by atoms with Crippen LogP contribution in [0.2, 0.25) is 0 Å². The lowest BCUT2D eigenvalue weighted by Gasteiger charge is -2.08. The first-order valence-corrected chi connectivity index (χ1v) is 10.6. The summed E-state index contributed by atoms with van der Waals surface area (Å²) in [7, 11) is 0. The van der Waals surface area contributed by atoms with E-state index in [4.69, 9.17) is 0 Å². The number of aromatic nitrogens is 6. The fraction of sp³-hybridized carbons (Fsp3) is 0.0476. The van der Waals surface area contributed by atoms with Crippen LogP contribution in [0.4, 0.5) is 34.2 Å². The van der Waals surface area contributed by atoms with Gasteiger partial charge in [-0.2, -0.15) is 22.5 Å². The van der Waals surface area contributed by atoms with E-state index < -0.39 is 23.5 Å². The van der Waals surface area contributed by atoms with Crippen LogP contribution in [0, 0.1) is 5.82 Å². The number of alkyl halides is 3. The van der Waals surface area contributed by atoms with Crippen molar-refractivity contribution >= 4 is 45.2 Å². The SMILES string of the molecule is O=C(Nc1nc(-c2ccc(F)c(C(F)(F)F)c2)ns1)c1ccc(Nc2ncnc3nc[nH]c23)cc1. The summed E-state index contributed by atoms with van der Waals surface area (Å²) in [6.45, 7) is 0. The average molecular weight is 500 g/mol. The molecule has 0 saturated carbocycles. The number of imidazole rings is 1. The highest BCUT2D eigenvalue weighted by atomic mass is 32.1. The van der Waals surface area contributed by atoms with Crippen molar-refractivity contribution in [1.29, 1.82) is 0 Å². The van der Waals surface area contributed by atoms with Gasteiger partial charge in [-0.3, -0.25) is 10.1 Å². The van der Waals surface area contributed by atoms with Crippen molar-refractivity contribution in [1.82, 2.24) is 29.3 Å². The van der Waals surface area contributed by atoms with Crippen LogP contribution in [0.25, 0.3) is 22.6 Å². The molecule has 0 atom stereocenters. The predicted octanol–water partition coefficient (Wildman–Crippen LogP) is 5.03. The van der Waals surface area contributed by atoms with Gasteiger partial charge in [0.25, 0.3) is 5.91 Å². The molecule has 35 heavy (non-hydrogen) atoms. The van der Waals surface area contributed by atoms with E-state index in [0.29, 0.717) is 40.4 Å². The number of fused-ring (bicyclic) bond motifs is 1. The Morgan fingerprint density at radius 2 is 1.83 bits per heavy atom. The molecule has 9 nitrogen and oxygen atoms in total. The van der Waals surface area contributed by atoms with E-state index >= 15 is 0 Å². The summed E-state index contributed by atoms with van der Waals surface area (Å²) in [5, 5.41) is 5.73. The number of halogens is 4. The highest BCUT2D eigenvalue weighted by molar-refractivity contribution is 7.10. The topological polar surface area (TPSA) is 121 Å². The quantitative estimate of drug-likeness (QED) is 0.290. The van der Waals surface area contributed by atoms with Gasteiger partial charge < -0.3 is 10.3 Å². The first kappa shape index (κ1) is 22.3. The largest absolute Gasteiger partial charge is 0.419 e. The predicted molar refractivity (Wildman–Crippen MR) is 120 cm³/mol. The molecule has 0 fully saturated rings. The molecule has 14 heteroatoms. The number of hydrogen-bond acceptors (Lipinski definition) is 8. The summed E-state index contributed by atoms with van der Waals surface area (Å²) < 4.78 is 56.4. The number of aromatic amines is 1. The van der Waals surface area contributed by atoms with Crippen molar-refractivity contribution in [2.45, 2.75) is 6.18 Å². The third-order valence-electron chi connectivity index (χ3n) is 4.81. The van der Waals surface area contributed by atoms with Crippen molar-refractivity contribution < 1.29 is 22.4 Å². The summed E-state index contributed by atoms with van der Waals surface area (Å²) in [6.07, 6.45) is -1.98. The van der Waals surface area contributed by atoms with E-state index in [2.05, 4.69) is 39.9 Å². The molecule has 0 aliphatic rings. The van der Waals surface area contributed by atoms with E-state index in [-0.39, 0.29) is 16.5 Å². The van der Waals surface area contributed by atoms with Gasteiger partial charge in [0.1, 0.15) is 17.7 Å². The van der Waals surface area contributed by atoms with E-state index in [1.165, 1.54) is 12.7 Å². The number of anilines is 3. The van der Waals surface area contributed by atoms with E-state index in [0.717, 1.165) is 17.6 Å². The first-order valence-electron chi connectivity index (χ1n) is 9.81. The number of benzene rings is 2. The molecule has 0 aliphatic carbocycles. The van der Waals surface area contributed by atoms with Gasteiger partial charge in [-0.1, -0.05) is 0 Å². The van der Waals surface area contributed by atoms with Crippen LogP contribution in [-0.4, -0.2) is 35.2 Å². The Morgan fingerprint density at radius 1 is 1.03 bits per heavy atom. The van der Waals surface area contributed by atoms with Gasteiger partial charge in [0.05, 0.1) is 11.9 Å². The molecule has 0 radical (unpaired) electrons. The molecule has 0 bridgehead atoms. The maximum Gasteiger partial charge on any atom is 0.419 e. The third-order valence-corrected chi connectivity index (χ3v) is 5.44. The fourth-order valence-electron chi connectivity index (χ4n) is 3.14. The Hall–Kier alpha value is -4.46. The Balaban J connectivity index is 1.28. The number of carbonyl (C=O) groups is 1. The molecule has 3 aromatic heterocycles. The molecule has 0 aliphatic heterocycles. The van der Waals surface area contributed by atoms with Crippen LogP contribution in [-0.2, 0) is 6.18 Å². The molecular formula is C21H12F4N8OS. The maximum absolute atomic E-state index is 13.5. The Bertz CT molecular complexity index is 1530. The van der Waals surface area contributed by atoms with Crippen LogP contribution >= 0.6 is 11.5 Å². The number of rotatable bonds is 5. The summed E-state index contributed by atoms with van der Waals surface area (Å²) >= 11 is 0.788. The van der Waals surface area contributed by atoms with Crippen LogP contribution in [0.1, 0.15) is 15.9 Å². The third kappa shape index (κ3) is 4.63. The minimum absolute atomic E-state index is 0.0259. The zero-order valence-corrected chi connectivity index (χ0v) is 18.1. The highest BCUT2D eigenvalue weighted by Gasteiger charge is 2.34. The van der Waals surface area contributed by atoms with Crippen molar-refractivity contribution in [3.8, 4) is 11.4 Å². The van der Waals surface area contributed by atoms with Crippen LogP contribution in [0.5, 0.6) is 0 Å². The smallest absolute Gasteiger partial charge is 0.340 e. The van der Waals surface area contributed by atoms with Gasteiger partial charge in [-0.05, 0) is 42.5 Å². The average Bonchev–Trinajstić information content (AvgIpc) is 3.49. The van der Waals surface area contributed by atoms with Crippen molar-refractivity contribution in [3.63, 3.8) is 0 Å². The van der Waals surface area contributed by atoms with Gasteiger partial charge >= 0.3 is 6.18 Å². The minimum Gasteiger partial charge on any atom is -0.340 e. The van der Waals surface area contributed by atoms with Crippen molar-refractivity contribution in [2.24, 2.45) is 0 Å². The number of carbonyl (C=O) groups excluding carboxylic acids is 1. The standard InChI is InChI=1S/C21H12F4N8OS/c22-14-6-3-11(7-13(14)21(23,24)25)16-31-20(35-33-16)32-19(34)10-1-4-12(5-2-10)30-18-15-17(27-8-26-15)28-9-29-18/h1-9H,(H,31,32,33,34)(H2,26,27,28,29,30). The summed E-state index contributed by atoms with van der Waals surface area (Å²) in [6, 6.07) is 8.94. The second-order valence-electron chi connectivity index (χ2n) is 7.10. The number of nitrogens with one attached hydrogen (secondary N) is 3. The van der Waals surface area contributed by atoms with Gasteiger partial charge in [0.2, 0.25) is 5.13 Å². The molecular weight excluding hydrogens is 488 g/mol. The molecule has 0 unspecified atom stereocenters. The van der Waals surface area contributed by atoms with E-state index in [1.54, 1.807) is 24.3 Å². The lowest BCUT2D eigenvalue weighted by molar-refractivity contribution is -0.139. The lowest BCUT2D eigenvalue weighted by Crippen LogP contribution is -2.11. The molecule has 3 heterocycles. The normalized spacial score (nSPS) is 11.5. The number of amides is 1. The Kier molecular flexibility index (Phi) is 5.56. The molecule has 1 amide bonds. The first-order chi connectivity index (χ1) is 16.8. The lowest BCUT2D eigenvalue weighted by atomic mass is 10.1. The zero-order chi connectivity index (χ0) is 24.6. The molecule has 3 N–H and O–H groups in total. The number of nitrogens with zero attached hydrogens (tertiary/aromatic N) is 5. The van der Waals surface area contributed by atoms with Gasteiger partial charge in [0.15, 0.2) is 17.3 Å². The monoisotopic (exact) mass is 500 g/mol. The summed E-state index contributed by atoms with van der Waals surface area (Å²) in [5.41, 5.74) is 0.658. The summed E-state index contributed by atoms with van der Waals surface area (Å²) in [4.78, 5) is 31.8. The van der Waals surface area contributed by atoms with Crippen LogP contribution in [0.3, 0.4) is 0 Å². The molecule has 0 spiro atoms. The number of H-pyrrole nitrogens is 1. The molecule has 5 rings (SSSR count). The second kappa shape index (κ2) is 8.72. The highest BCUT2D eigenvalue weighted by Crippen LogP contribution is 2.34. The van der Waals surface area contributed by atoms with Crippen molar-refractivity contribution in [3.05, 3.63) is 72.1 Å². The molecule has 0 saturated heterocycles. The zero-order valence-electron chi connectivity index (χ0n) is 17.3. The van der Waals surface area contributed by atoms with E-state index in [9.17, 15) is 22.4 Å². The minimum atomic E-state index is -4.86. The molecule has 2 aromatic carbocycles. The van der Waals surface area contributed by atoms with Gasteiger partial charge in [-0.25, -0.2) is 19.3 Å². The molecule has 5 aromatic rings. The number of hydrogen-bond donors (Lipinski definition) is 3. The Labute approximate surface area is 197 Å².